The summed E-state index contributed by atoms with van der Waals surface area (Å²) in [6.07, 6.45) is 0. The first-order valence-corrected chi connectivity index (χ1v) is 9.54. The van der Waals surface area contributed by atoms with Crippen LogP contribution in [0.3, 0.4) is 0 Å². The normalized spacial score (nSPS) is 12.1. The van der Waals surface area contributed by atoms with Crippen molar-refractivity contribution in [3.8, 4) is 0 Å². The molecule has 0 radical (unpaired) electrons. The van der Waals surface area contributed by atoms with Gasteiger partial charge in [0.1, 0.15) is 11.9 Å². The SMILES string of the molecule is CN(CC(=O)Nc1ccc(N=Nc2ccccc2)cc1)C(C(N)=O)c1cccc(F)c1. The van der Waals surface area contributed by atoms with Gasteiger partial charge in [0.05, 0.1) is 17.9 Å². The van der Waals surface area contributed by atoms with E-state index in [1.165, 1.54) is 23.1 Å². The van der Waals surface area contributed by atoms with E-state index >= 15 is 0 Å². The van der Waals surface area contributed by atoms with Crippen molar-refractivity contribution in [3.05, 3.63) is 90.2 Å². The second-order valence-electron chi connectivity index (χ2n) is 6.91. The number of nitrogens with two attached hydrogens (primary N) is 1. The Kier molecular flexibility index (Phi) is 7.18. The minimum Gasteiger partial charge on any atom is -0.368 e. The molecular weight excluding hydrogens is 397 g/mol. The van der Waals surface area contributed by atoms with Gasteiger partial charge in [-0.05, 0) is 61.1 Å². The molecule has 31 heavy (non-hydrogen) atoms. The predicted octanol–water partition coefficient (Wildman–Crippen LogP) is 4.34. The van der Waals surface area contributed by atoms with Crippen molar-refractivity contribution in [2.75, 3.05) is 18.9 Å². The summed E-state index contributed by atoms with van der Waals surface area (Å²) < 4.78 is 13.5. The highest BCUT2D eigenvalue weighted by molar-refractivity contribution is 5.93. The summed E-state index contributed by atoms with van der Waals surface area (Å²) in [5.41, 5.74) is 7.81. The number of primary amides is 1. The maximum absolute atomic E-state index is 13.5. The number of halogens is 1. The molecule has 0 bridgehead atoms. The minimum absolute atomic E-state index is 0.112. The van der Waals surface area contributed by atoms with E-state index in [1.807, 2.05) is 30.3 Å². The number of hydrogen-bond acceptors (Lipinski definition) is 5. The molecule has 0 heterocycles. The first-order valence-electron chi connectivity index (χ1n) is 9.54. The Bertz CT molecular complexity index is 1070. The fraction of sp³-hybridized carbons (Fsp3) is 0.130. The third-order valence-electron chi connectivity index (χ3n) is 4.46. The summed E-state index contributed by atoms with van der Waals surface area (Å²) >= 11 is 0. The van der Waals surface area contributed by atoms with Gasteiger partial charge in [0, 0.05) is 5.69 Å². The lowest BCUT2D eigenvalue weighted by Crippen LogP contribution is -2.39. The van der Waals surface area contributed by atoms with Crippen LogP contribution in [0.15, 0.2) is 89.1 Å². The van der Waals surface area contributed by atoms with Crippen molar-refractivity contribution in [3.63, 3.8) is 0 Å². The molecule has 3 rings (SSSR count). The van der Waals surface area contributed by atoms with Crippen molar-refractivity contribution in [1.29, 1.82) is 0 Å². The number of likely N-dealkylation sites (N-methyl/N-ethyl adjacent to an activating group) is 1. The fourth-order valence-corrected chi connectivity index (χ4v) is 3.05. The van der Waals surface area contributed by atoms with Crippen LogP contribution < -0.4 is 11.1 Å². The Morgan fingerprint density at radius 3 is 2.23 bits per heavy atom. The topological polar surface area (TPSA) is 100 Å². The molecule has 0 aliphatic rings. The Labute approximate surface area is 179 Å². The number of anilines is 1. The van der Waals surface area contributed by atoms with Crippen LogP contribution in [0.1, 0.15) is 11.6 Å². The van der Waals surface area contributed by atoms with Crippen LogP contribution in [-0.2, 0) is 9.59 Å². The molecule has 0 saturated heterocycles. The Morgan fingerprint density at radius 1 is 0.968 bits per heavy atom. The van der Waals surface area contributed by atoms with E-state index in [1.54, 1.807) is 37.4 Å². The number of carbonyl (C=O) groups excluding carboxylic acids is 2. The number of amides is 2. The smallest absolute Gasteiger partial charge is 0.239 e. The van der Waals surface area contributed by atoms with Gasteiger partial charge in [-0.25, -0.2) is 4.39 Å². The molecule has 0 fully saturated rings. The van der Waals surface area contributed by atoms with E-state index in [0.29, 0.717) is 16.9 Å². The summed E-state index contributed by atoms with van der Waals surface area (Å²) in [4.78, 5) is 25.8. The summed E-state index contributed by atoms with van der Waals surface area (Å²) in [7, 11) is 1.58. The molecule has 0 aliphatic heterocycles. The van der Waals surface area contributed by atoms with E-state index < -0.39 is 17.8 Å². The molecular formula is C23H22FN5O2. The zero-order chi connectivity index (χ0) is 22.2. The number of nitrogens with one attached hydrogen (secondary N) is 1. The lowest BCUT2D eigenvalue weighted by Gasteiger charge is -2.25. The summed E-state index contributed by atoms with van der Waals surface area (Å²) in [6, 6.07) is 20.9. The number of hydrogen-bond donors (Lipinski definition) is 2. The van der Waals surface area contributed by atoms with Gasteiger partial charge in [0.25, 0.3) is 0 Å². The average Bonchev–Trinajstić information content (AvgIpc) is 2.74. The van der Waals surface area contributed by atoms with Crippen molar-refractivity contribution >= 4 is 28.9 Å². The van der Waals surface area contributed by atoms with Crippen LogP contribution >= 0.6 is 0 Å². The molecule has 0 aliphatic carbocycles. The van der Waals surface area contributed by atoms with Gasteiger partial charge in [0.15, 0.2) is 0 Å². The van der Waals surface area contributed by atoms with Crippen LogP contribution in [0.2, 0.25) is 0 Å². The molecule has 7 nitrogen and oxygen atoms in total. The van der Waals surface area contributed by atoms with Gasteiger partial charge in [0.2, 0.25) is 11.8 Å². The zero-order valence-electron chi connectivity index (χ0n) is 16.9. The van der Waals surface area contributed by atoms with Crippen LogP contribution in [0, 0.1) is 5.82 Å². The number of benzene rings is 3. The largest absolute Gasteiger partial charge is 0.368 e. The number of carbonyl (C=O) groups is 2. The summed E-state index contributed by atoms with van der Waals surface area (Å²) in [6.45, 7) is -0.112. The minimum atomic E-state index is -0.928. The van der Waals surface area contributed by atoms with E-state index in [9.17, 15) is 14.0 Å². The maximum atomic E-state index is 13.5. The first-order chi connectivity index (χ1) is 14.9. The van der Waals surface area contributed by atoms with Crippen molar-refractivity contribution < 1.29 is 14.0 Å². The quantitative estimate of drug-likeness (QED) is 0.531. The second kappa shape index (κ2) is 10.2. The lowest BCUT2D eigenvalue weighted by molar-refractivity contribution is -0.124. The lowest BCUT2D eigenvalue weighted by atomic mass is 10.0. The van der Waals surface area contributed by atoms with Gasteiger partial charge < -0.3 is 11.1 Å². The molecule has 3 aromatic rings. The highest BCUT2D eigenvalue weighted by atomic mass is 19.1. The molecule has 1 atom stereocenters. The van der Waals surface area contributed by atoms with Crippen LogP contribution in [0.5, 0.6) is 0 Å². The molecule has 8 heteroatoms. The molecule has 0 aromatic heterocycles. The van der Waals surface area contributed by atoms with Crippen molar-refractivity contribution in [2.24, 2.45) is 16.0 Å². The van der Waals surface area contributed by atoms with Gasteiger partial charge in [-0.2, -0.15) is 10.2 Å². The molecule has 2 amide bonds. The summed E-state index contributed by atoms with van der Waals surface area (Å²) in [5, 5.41) is 11.0. The standard InChI is InChI=1S/C23H22FN5O2/c1-29(22(23(25)31)16-6-5-7-17(24)14-16)15-21(30)26-18-10-12-20(13-11-18)28-27-19-8-3-2-4-9-19/h2-14,22H,15H2,1H3,(H2,25,31)(H,26,30). The van der Waals surface area contributed by atoms with Gasteiger partial charge in [-0.1, -0.05) is 30.3 Å². The Hall–Kier alpha value is -3.91. The van der Waals surface area contributed by atoms with Crippen LogP contribution in [-0.4, -0.2) is 30.3 Å². The first kappa shape index (κ1) is 21.8. The van der Waals surface area contributed by atoms with Gasteiger partial charge in [-0.3, -0.25) is 14.5 Å². The zero-order valence-corrected chi connectivity index (χ0v) is 16.9. The number of nitrogens with zero attached hydrogens (tertiary/aromatic N) is 3. The number of azo groups is 1. The highest BCUT2D eigenvalue weighted by Crippen LogP contribution is 2.22. The fourth-order valence-electron chi connectivity index (χ4n) is 3.05. The van der Waals surface area contributed by atoms with E-state index in [4.69, 9.17) is 5.73 Å². The molecule has 3 aromatic carbocycles. The monoisotopic (exact) mass is 419 g/mol. The van der Waals surface area contributed by atoms with Crippen LogP contribution in [0.4, 0.5) is 21.5 Å². The molecule has 158 valence electrons. The Morgan fingerprint density at radius 2 is 1.61 bits per heavy atom. The van der Waals surface area contributed by atoms with E-state index in [-0.39, 0.29) is 12.5 Å². The van der Waals surface area contributed by atoms with Crippen LogP contribution in [0.25, 0.3) is 0 Å². The van der Waals surface area contributed by atoms with Gasteiger partial charge >= 0.3 is 0 Å². The highest BCUT2D eigenvalue weighted by Gasteiger charge is 2.25. The summed E-state index contributed by atoms with van der Waals surface area (Å²) in [5.74, 6) is -1.50. The Balaban J connectivity index is 1.60. The molecule has 1 unspecified atom stereocenters. The van der Waals surface area contributed by atoms with Gasteiger partial charge in [-0.15, -0.1) is 0 Å². The molecule has 0 spiro atoms. The maximum Gasteiger partial charge on any atom is 0.239 e. The molecule has 3 N–H and O–H groups in total. The van der Waals surface area contributed by atoms with E-state index in [0.717, 1.165) is 5.69 Å². The van der Waals surface area contributed by atoms with E-state index in [2.05, 4.69) is 15.5 Å². The average molecular weight is 419 g/mol. The van der Waals surface area contributed by atoms with Crippen molar-refractivity contribution in [1.82, 2.24) is 4.90 Å². The third kappa shape index (κ3) is 6.28. The number of rotatable bonds is 8. The second-order valence-corrected chi connectivity index (χ2v) is 6.91. The van der Waals surface area contributed by atoms with Crippen molar-refractivity contribution in [2.45, 2.75) is 6.04 Å². The third-order valence-corrected chi connectivity index (χ3v) is 4.46. The predicted molar refractivity (Wildman–Crippen MR) is 117 cm³/mol. The molecule has 0 saturated carbocycles.